The summed E-state index contributed by atoms with van der Waals surface area (Å²) >= 11 is 0. The summed E-state index contributed by atoms with van der Waals surface area (Å²) in [6.07, 6.45) is 4.46. The van der Waals surface area contributed by atoms with Crippen LogP contribution < -0.4 is 5.48 Å². The quantitative estimate of drug-likeness (QED) is 0.767. The molecule has 0 aromatic heterocycles. The minimum absolute atomic E-state index is 0.0773. The third-order valence-corrected chi connectivity index (χ3v) is 2.73. The van der Waals surface area contributed by atoms with E-state index in [0.717, 1.165) is 25.7 Å². The smallest absolute Gasteiger partial charge is 0.274 e. The number of benzene rings is 1. The van der Waals surface area contributed by atoms with Crippen LogP contribution in [-0.2, 0) is 4.84 Å². The van der Waals surface area contributed by atoms with E-state index in [0.29, 0.717) is 5.56 Å². The van der Waals surface area contributed by atoms with Crippen LogP contribution in [0.5, 0.6) is 5.75 Å². The molecule has 0 spiro atoms. The molecule has 1 aliphatic carbocycles. The molecule has 0 radical (unpaired) electrons. The monoisotopic (exact) mass is 221 g/mol. The van der Waals surface area contributed by atoms with E-state index in [-0.39, 0.29) is 17.8 Å². The van der Waals surface area contributed by atoms with Gasteiger partial charge in [0, 0.05) is 5.56 Å². The molecule has 4 nitrogen and oxygen atoms in total. The van der Waals surface area contributed by atoms with Crippen LogP contribution >= 0.6 is 0 Å². The van der Waals surface area contributed by atoms with Crippen molar-refractivity contribution < 1.29 is 14.7 Å². The van der Waals surface area contributed by atoms with Gasteiger partial charge in [0.2, 0.25) is 0 Å². The van der Waals surface area contributed by atoms with Crippen molar-refractivity contribution >= 4 is 5.91 Å². The fourth-order valence-corrected chi connectivity index (χ4v) is 1.85. The molecule has 0 bridgehead atoms. The van der Waals surface area contributed by atoms with Crippen LogP contribution in [0, 0.1) is 0 Å². The van der Waals surface area contributed by atoms with Gasteiger partial charge >= 0.3 is 0 Å². The number of phenols is 1. The number of carbonyl (C=O) groups is 1. The number of amides is 1. The van der Waals surface area contributed by atoms with E-state index < -0.39 is 0 Å². The van der Waals surface area contributed by atoms with Crippen molar-refractivity contribution in [2.24, 2.45) is 0 Å². The van der Waals surface area contributed by atoms with E-state index in [4.69, 9.17) is 4.84 Å². The SMILES string of the molecule is O=C(NOC1CCCC1)c1cccc(O)c1. The highest BCUT2D eigenvalue weighted by molar-refractivity contribution is 5.93. The molecular formula is C12H15NO3. The number of rotatable bonds is 3. The van der Waals surface area contributed by atoms with E-state index in [1.54, 1.807) is 12.1 Å². The molecule has 0 unspecified atom stereocenters. The lowest BCUT2D eigenvalue weighted by atomic mass is 10.2. The van der Waals surface area contributed by atoms with Crippen LogP contribution in [0.2, 0.25) is 0 Å². The van der Waals surface area contributed by atoms with Gasteiger partial charge < -0.3 is 5.11 Å². The predicted molar refractivity (Wildman–Crippen MR) is 58.9 cm³/mol. The highest BCUT2D eigenvalue weighted by Crippen LogP contribution is 2.20. The van der Waals surface area contributed by atoms with Gasteiger partial charge in [0.05, 0.1) is 6.10 Å². The Hall–Kier alpha value is -1.55. The standard InChI is InChI=1S/C12H15NO3/c14-10-5-3-4-9(8-10)12(15)13-16-11-6-1-2-7-11/h3-5,8,11,14H,1-2,6-7H2,(H,13,15). The zero-order valence-corrected chi connectivity index (χ0v) is 8.98. The van der Waals surface area contributed by atoms with Gasteiger partial charge in [-0.05, 0) is 31.0 Å². The molecule has 1 aliphatic rings. The Morgan fingerprint density at radius 1 is 1.38 bits per heavy atom. The molecule has 0 heterocycles. The first kappa shape index (κ1) is 11.0. The van der Waals surface area contributed by atoms with E-state index in [9.17, 15) is 9.90 Å². The second-order valence-corrected chi connectivity index (χ2v) is 4.01. The highest BCUT2D eigenvalue weighted by atomic mass is 16.7. The Balaban J connectivity index is 1.87. The minimum atomic E-state index is -0.317. The summed E-state index contributed by atoms with van der Waals surface area (Å²) in [5.74, 6) is -0.240. The lowest BCUT2D eigenvalue weighted by Gasteiger charge is -2.11. The Bertz CT molecular complexity index is 372. The third-order valence-electron chi connectivity index (χ3n) is 2.73. The van der Waals surface area contributed by atoms with Crippen LogP contribution in [0.3, 0.4) is 0 Å². The third kappa shape index (κ3) is 2.73. The van der Waals surface area contributed by atoms with Crippen LogP contribution in [0.4, 0.5) is 0 Å². The van der Waals surface area contributed by atoms with Crippen LogP contribution in [-0.4, -0.2) is 17.1 Å². The van der Waals surface area contributed by atoms with Gasteiger partial charge in [0.1, 0.15) is 5.75 Å². The maximum atomic E-state index is 11.6. The summed E-state index contributed by atoms with van der Waals surface area (Å²) < 4.78 is 0. The number of phenolic OH excluding ortho intramolecular Hbond substituents is 1. The topological polar surface area (TPSA) is 58.6 Å². The largest absolute Gasteiger partial charge is 0.508 e. The van der Waals surface area contributed by atoms with Crippen molar-refractivity contribution in [3.05, 3.63) is 29.8 Å². The molecule has 1 fully saturated rings. The average Bonchev–Trinajstić information content (AvgIpc) is 2.78. The lowest BCUT2D eigenvalue weighted by Crippen LogP contribution is -2.28. The van der Waals surface area contributed by atoms with Crippen LogP contribution in [0.15, 0.2) is 24.3 Å². The highest BCUT2D eigenvalue weighted by Gasteiger charge is 2.17. The second kappa shape index (κ2) is 4.99. The van der Waals surface area contributed by atoms with Gasteiger partial charge in [-0.25, -0.2) is 5.48 Å². The number of hydroxylamine groups is 1. The number of hydrogen-bond donors (Lipinski definition) is 2. The second-order valence-electron chi connectivity index (χ2n) is 4.01. The van der Waals surface area contributed by atoms with Crippen molar-refractivity contribution in [3.8, 4) is 5.75 Å². The number of hydrogen-bond acceptors (Lipinski definition) is 3. The maximum absolute atomic E-state index is 11.6. The molecular weight excluding hydrogens is 206 g/mol. The number of nitrogens with one attached hydrogen (secondary N) is 1. The van der Waals surface area contributed by atoms with Gasteiger partial charge in [-0.15, -0.1) is 0 Å². The summed E-state index contributed by atoms with van der Waals surface area (Å²) in [7, 11) is 0. The van der Waals surface area contributed by atoms with Gasteiger partial charge in [0.25, 0.3) is 5.91 Å². The fourth-order valence-electron chi connectivity index (χ4n) is 1.85. The molecule has 1 aromatic carbocycles. The Morgan fingerprint density at radius 2 is 2.12 bits per heavy atom. The fraction of sp³-hybridized carbons (Fsp3) is 0.417. The summed E-state index contributed by atoms with van der Waals surface area (Å²) in [6.45, 7) is 0. The molecule has 1 saturated carbocycles. The van der Waals surface area contributed by atoms with Gasteiger partial charge in [-0.1, -0.05) is 18.9 Å². The summed E-state index contributed by atoms with van der Waals surface area (Å²) in [5.41, 5.74) is 2.82. The van der Waals surface area contributed by atoms with Crippen LogP contribution in [0.1, 0.15) is 36.0 Å². The number of aromatic hydroxyl groups is 1. The molecule has 2 rings (SSSR count). The first-order valence-electron chi connectivity index (χ1n) is 5.51. The van der Waals surface area contributed by atoms with Crippen molar-refractivity contribution in [2.75, 3.05) is 0 Å². The molecule has 16 heavy (non-hydrogen) atoms. The average molecular weight is 221 g/mol. The van der Waals surface area contributed by atoms with Crippen molar-refractivity contribution in [2.45, 2.75) is 31.8 Å². The molecule has 0 atom stereocenters. The lowest BCUT2D eigenvalue weighted by molar-refractivity contribution is -0.0125. The molecule has 4 heteroatoms. The van der Waals surface area contributed by atoms with Gasteiger partial charge in [-0.2, -0.15) is 0 Å². The summed E-state index contributed by atoms with van der Waals surface area (Å²) in [6, 6.07) is 6.19. The first-order chi connectivity index (χ1) is 7.75. The molecule has 86 valence electrons. The van der Waals surface area contributed by atoms with E-state index in [1.807, 2.05) is 0 Å². The molecule has 0 aliphatic heterocycles. The summed E-state index contributed by atoms with van der Waals surface area (Å²) in [5, 5.41) is 9.22. The van der Waals surface area contributed by atoms with E-state index in [1.165, 1.54) is 12.1 Å². The van der Waals surface area contributed by atoms with E-state index >= 15 is 0 Å². The predicted octanol–water partition coefficient (Wildman–Crippen LogP) is 2.00. The molecule has 1 aromatic rings. The molecule has 1 amide bonds. The summed E-state index contributed by atoms with van der Waals surface area (Å²) in [4.78, 5) is 16.9. The first-order valence-corrected chi connectivity index (χ1v) is 5.51. The van der Waals surface area contributed by atoms with Crippen LogP contribution in [0.25, 0.3) is 0 Å². The maximum Gasteiger partial charge on any atom is 0.274 e. The zero-order valence-electron chi connectivity index (χ0n) is 8.98. The molecule has 0 saturated heterocycles. The Morgan fingerprint density at radius 3 is 2.81 bits per heavy atom. The normalized spacial score (nSPS) is 16.2. The van der Waals surface area contributed by atoms with E-state index in [2.05, 4.69) is 5.48 Å². The molecule has 2 N–H and O–H groups in total. The Labute approximate surface area is 94.2 Å². The van der Waals surface area contributed by atoms with Crippen molar-refractivity contribution in [1.82, 2.24) is 5.48 Å². The Kier molecular flexibility index (Phi) is 3.41. The van der Waals surface area contributed by atoms with Crippen molar-refractivity contribution in [1.29, 1.82) is 0 Å². The zero-order chi connectivity index (χ0) is 11.4. The minimum Gasteiger partial charge on any atom is -0.508 e. The van der Waals surface area contributed by atoms with Gasteiger partial charge in [0.15, 0.2) is 0 Å². The van der Waals surface area contributed by atoms with Crippen molar-refractivity contribution in [3.63, 3.8) is 0 Å². The number of carbonyl (C=O) groups excluding carboxylic acids is 1. The van der Waals surface area contributed by atoms with Gasteiger partial charge in [-0.3, -0.25) is 9.63 Å².